The molecule has 1 aromatic heterocycles. The molecule has 1 rings (SSSR count). The van der Waals surface area contributed by atoms with Crippen LogP contribution in [0.3, 0.4) is 0 Å². The van der Waals surface area contributed by atoms with Gasteiger partial charge < -0.3 is 5.11 Å². The molecule has 0 radical (unpaired) electrons. The van der Waals surface area contributed by atoms with Crippen molar-refractivity contribution in [2.24, 2.45) is 5.92 Å². The van der Waals surface area contributed by atoms with Crippen molar-refractivity contribution < 1.29 is 18.3 Å². The highest BCUT2D eigenvalue weighted by Crippen LogP contribution is 2.10. The van der Waals surface area contributed by atoms with Gasteiger partial charge in [0.1, 0.15) is 17.9 Å². The van der Waals surface area contributed by atoms with Crippen LogP contribution in [0.15, 0.2) is 6.33 Å². The average molecular weight is 275 g/mol. The molecule has 1 heterocycles. The molecule has 1 N–H and O–H groups in total. The van der Waals surface area contributed by atoms with Crippen molar-refractivity contribution in [3.63, 3.8) is 0 Å². The fraction of sp³-hybridized carbons (Fsp3) is 0.700. The van der Waals surface area contributed by atoms with Gasteiger partial charge >= 0.3 is 5.97 Å². The summed E-state index contributed by atoms with van der Waals surface area (Å²) in [4.78, 5) is 14.6. The Hall–Kier alpha value is -1.44. The van der Waals surface area contributed by atoms with E-state index in [0.717, 1.165) is 6.92 Å². The lowest BCUT2D eigenvalue weighted by molar-refractivity contribution is -0.136. The lowest BCUT2D eigenvalue weighted by Gasteiger charge is -2.10. The van der Waals surface area contributed by atoms with Crippen molar-refractivity contribution in [3.8, 4) is 0 Å². The molecule has 0 saturated heterocycles. The maximum Gasteiger partial charge on any atom is 0.321 e. The zero-order chi connectivity index (χ0) is 13.9. The predicted octanol–water partition coefficient (Wildman–Crippen LogP) is 0.322. The first-order valence-corrected chi connectivity index (χ1v) is 7.26. The Morgan fingerprint density at radius 3 is 2.56 bits per heavy atom. The van der Waals surface area contributed by atoms with Gasteiger partial charge in [-0.25, -0.2) is 18.1 Å². The topological polar surface area (TPSA) is 102 Å². The summed E-state index contributed by atoms with van der Waals surface area (Å²) < 4.78 is 25.1. The van der Waals surface area contributed by atoms with E-state index in [1.54, 1.807) is 0 Å². The molecule has 1 aromatic rings. The molecule has 1 unspecified atom stereocenters. The summed E-state index contributed by atoms with van der Waals surface area (Å²) in [6.07, 6.45) is 1.28. The highest BCUT2D eigenvalue weighted by atomic mass is 32.2. The van der Waals surface area contributed by atoms with Crippen LogP contribution in [0.4, 0.5) is 0 Å². The SMILES string of the molecule is CC(C)Cn1ncnc1CS(=O)(=O)C(C)C(=O)O. The summed E-state index contributed by atoms with van der Waals surface area (Å²) in [5.74, 6) is -1.19. The lowest BCUT2D eigenvalue weighted by atomic mass is 10.2. The molecule has 0 aromatic carbocycles. The number of aromatic nitrogens is 3. The van der Waals surface area contributed by atoms with Crippen LogP contribution >= 0.6 is 0 Å². The Labute approximate surface area is 106 Å². The Morgan fingerprint density at radius 2 is 2.06 bits per heavy atom. The van der Waals surface area contributed by atoms with Gasteiger partial charge in [0.2, 0.25) is 0 Å². The van der Waals surface area contributed by atoms with Gasteiger partial charge in [-0.1, -0.05) is 13.8 Å². The summed E-state index contributed by atoms with van der Waals surface area (Å²) in [5, 5.41) is 11.2. The number of hydrogen-bond acceptors (Lipinski definition) is 5. The summed E-state index contributed by atoms with van der Waals surface area (Å²) in [7, 11) is -3.76. The highest BCUT2D eigenvalue weighted by molar-refractivity contribution is 7.91. The molecule has 8 heteroatoms. The van der Waals surface area contributed by atoms with E-state index in [2.05, 4.69) is 10.1 Å². The van der Waals surface area contributed by atoms with Gasteiger partial charge in [0.05, 0.1) is 0 Å². The normalized spacial score (nSPS) is 13.8. The molecule has 0 amide bonds. The molecule has 0 fully saturated rings. The standard InChI is InChI=1S/C10H17N3O4S/c1-7(2)4-13-9(11-6-12-13)5-18(16,17)8(3)10(14)15/h6-8H,4-5H2,1-3H3,(H,14,15). The average Bonchev–Trinajstić information content (AvgIpc) is 2.62. The van der Waals surface area contributed by atoms with E-state index in [1.165, 1.54) is 11.0 Å². The predicted molar refractivity (Wildman–Crippen MR) is 64.6 cm³/mol. The number of carboxylic acid groups (broad SMARTS) is 1. The molecule has 7 nitrogen and oxygen atoms in total. The third kappa shape index (κ3) is 3.52. The van der Waals surface area contributed by atoms with Crippen molar-refractivity contribution in [1.82, 2.24) is 14.8 Å². The van der Waals surface area contributed by atoms with Crippen LogP contribution < -0.4 is 0 Å². The first-order valence-electron chi connectivity index (χ1n) is 5.55. The first kappa shape index (κ1) is 14.6. The van der Waals surface area contributed by atoms with E-state index in [9.17, 15) is 13.2 Å². The van der Waals surface area contributed by atoms with E-state index < -0.39 is 26.8 Å². The summed E-state index contributed by atoms with van der Waals surface area (Å²) in [5.41, 5.74) is 0. The highest BCUT2D eigenvalue weighted by Gasteiger charge is 2.29. The van der Waals surface area contributed by atoms with Crippen molar-refractivity contribution in [3.05, 3.63) is 12.2 Å². The van der Waals surface area contributed by atoms with Gasteiger partial charge in [0.15, 0.2) is 15.1 Å². The molecule has 18 heavy (non-hydrogen) atoms. The minimum Gasteiger partial charge on any atom is -0.480 e. The monoisotopic (exact) mass is 275 g/mol. The molecule has 1 atom stereocenters. The Kier molecular flexibility index (Phi) is 4.44. The second-order valence-corrected chi connectivity index (χ2v) is 6.86. The minimum absolute atomic E-state index is 0.275. The zero-order valence-electron chi connectivity index (χ0n) is 10.6. The van der Waals surface area contributed by atoms with E-state index in [1.807, 2.05) is 13.8 Å². The number of carboxylic acids is 1. The van der Waals surface area contributed by atoms with Gasteiger partial charge in [0.25, 0.3) is 0 Å². The molecule has 0 bridgehead atoms. The first-order chi connectivity index (χ1) is 8.24. The molecule has 0 aliphatic carbocycles. The van der Waals surface area contributed by atoms with E-state index in [4.69, 9.17) is 5.11 Å². The summed E-state index contributed by atoms with van der Waals surface area (Å²) in [6.45, 7) is 5.65. The van der Waals surface area contributed by atoms with Crippen LogP contribution in [0.25, 0.3) is 0 Å². The van der Waals surface area contributed by atoms with Crippen LogP contribution in [-0.4, -0.2) is 39.5 Å². The molecular weight excluding hydrogens is 258 g/mol. The van der Waals surface area contributed by atoms with Gasteiger partial charge in [-0.3, -0.25) is 4.79 Å². The van der Waals surface area contributed by atoms with E-state index in [0.29, 0.717) is 12.5 Å². The summed E-state index contributed by atoms with van der Waals surface area (Å²) >= 11 is 0. The van der Waals surface area contributed by atoms with Crippen molar-refractivity contribution in [2.75, 3.05) is 0 Å². The van der Waals surface area contributed by atoms with Crippen LogP contribution in [0.5, 0.6) is 0 Å². The van der Waals surface area contributed by atoms with Crippen LogP contribution in [-0.2, 0) is 26.9 Å². The molecule has 0 saturated carbocycles. The molecule has 0 aliphatic heterocycles. The van der Waals surface area contributed by atoms with Crippen molar-refractivity contribution in [1.29, 1.82) is 0 Å². The second-order valence-electron chi connectivity index (χ2n) is 4.54. The minimum atomic E-state index is -3.76. The van der Waals surface area contributed by atoms with Crippen molar-refractivity contribution in [2.45, 2.75) is 38.3 Å². The summed E-state index contributed by atoms with van der Waals surface area (Å²) in [6, 6.07) is 0. The molecule has 0 aliphatic rings. The number of rotatable bonds is 6. The van der Waals surface area contributed by atoms with Crippen LogP contribution in [0.1, 0.15) is 26.6 Å². The van der Waals surface area contributed by atoms with Crippen molar-refractivity contribution >= 4 is 15.8 Å². The lowest BCUT2D eigenvalue weighted by Crippen LogP contribution is -2.29. The fourth-order valence-corrected chi connectivity index (χ4v) is 2.50. The van der Waals surface area contributed by atoms with Gasteiger partial charge in [0, 0.05) is 6.54 Å². The van der Waals surface area contributed by atoms with Gasteiger partial charge in [-0.05, 0) is 12.8 Å². The largest absolute Gasteiger partial charge is 0.480 e. The van der Waals surface area contributed by atoms with Crippen LogP contribution in [0.2, 0.25) is 0 Å². The Bertz CT molecular complexity index is 521. The maximum absolute atomic E-state index is 11.8. The van der Waals surface area contributed by atoms with E-state index in [-0.39, 0.29) is 5.82 Å². The van der Waals surface area contributed by atoms with Crippen LogP contribution in [0, 0.1) is 5.92 Å². The molecular formula is C10H17N3O4S. The third-order valence-corrected chi connectivity index (χ3v) is 4.39. The van der Waals surface area contributed by atoms with Gasteiger partial charge in [-0.2, -0.15) is 5.10 Å². The zero-order valence-corrected chi connectivity index (χ0v) is 11.4. The second kappa shape index (κ2) is 5.47. The molecule has 102 valence electrons. The fourth-order valence-electron chi connectivity index (χ4n) is 1.36. The number of sulfone groups is 1. The number of carbonyl (C=O) groups is 1. The van der Waals surface area contributed by atoms with E-state index >= 15 is 0 Å². The maximum atomic E-state index is 11.8. The Balaban J connectivity index is 2.91. The Morgan fingerprint density at radius 1 is 1.44 bits per heavy atom. The smallest absolute Gasteiger partial charge is 0.321 e. The van der Waals surface area contributed by atoms with Gasteiger partial charge in [-0.15, -0.1) is 0 Å². The number of aliphatic carboxylic acids is 1. The number of hydrogen-bond donors (Lipinski definition) is 1. The molecule has 0 spiro atoms. The quantitative estimate of drug-likeness (QED) is 0.802. The number of nitrogens with zero attached hydrogens (tertiary/aromatic N) is 3. The third-order valence-electron chi connectivity index (χ3n) is 2.45.